The average molecular weight is 405 g/mol. The van der Waals surface area contributed by atoms with Crippen LogP contribution >= 0.6 is 15.9 Å². The highest BCUT2D eigenvalue weighted by molar-refractivity contribution is 9.10. The van der Waals surface area contributed by atoms with Crippen molar-refractivity contribution in [2.24, 2.45) is 0 Å². The minimum atomic E-state index is -0.577. The van der Waals surface area contributed by atoms with Crippen molar-refractivity contribution in [3.05, 3.63) is 52.6 Å². The second kappa shape index (κ2) is 7.04. The molecule has 0 bridgehead atoms. The summed E-state index contributed by atoms with van der Waals surface area (Å²) in [6.07, 6.45) is 1.94. The largest absolute Gasteiger partial charge is 0.474 e. The highest BCUT2D eigenvalue weighted by Gasteiger charge is 2.36. The number of hydrogen-bond acceptors (Lipinski definition) is 4. The molecular formula is C19H21BrN2O3. The lowest BCUT2D eigenvalue weighted by molar-refractivity contribution is 0.0541. The Hall–Kier alpha value is -2.08. The fourth-order valence-corrected chi connectivity index (χ4v) is 3.06. The topological polar surface area (TPSA) is 51.7 Å². The summed E-state index contributed by atoms with van der Waals surface area (Å²) in [6.45, 7) is 5.95. The van der Waals surface area contributed by atoms with Gasteiger partial charge >= 0.3 is 6.09 Å². The average Bonchev–Trinajstić information content (AvgIpc) is 2.53. The van der Waals surface area contributed by atoms with Crippen molar-refractivity contribution in [2.45, 2.75) is 38.8 Å². The van der Waals surface area contributed by atoms with Crippen LogP contribution in [0, 0.1) is 0 Å². The minimum absolute atomic E-state index is 0.166. The van der Waals surface area contributed by atoms with Crippen LogP contribution in [0.1, 0.15) is 26.3 Å². The molecule has 0 N–H and O–H groups in total. The molecule has 1 aromatic carbocycles. The molecule has 132 valence electrons. The highest BCUT2D eigenvalue weighted by Crippen LogP contribution is 2.36. The van der Waals surface area contributed by atoms with Crippen LogP contribution in [0.15, 0.2) is 47.1 Å². The van der Waals surface area contributed by atoms with Gasteiger partial charge in [0.05, 0.1) is 6.04 Å². The van der Waals surface area contributed by atoms with E-state index in [-0.39, 0.29) is 6.04 Å². The number of carbonyl (C=O) groups is 1. The number of amides is 1. The van der Waals surface area contributed by atoms with Gasteiger partial charge in [-0.2, -0.15) is 0 Å². The SMILES string of the molecule is CC(C)(C)OC(=O)N1c2cc(Br)cnc2OC[C@@H]1Cc1ccccc1. The first kappa shape index (κ1) is 17.7. The van der Waals surface area contributed by atoms with Crippen LogP contribution in [-0.2, 0) is 11.2 Å². The van der Waals surface area contributed by atoms with Crippen molar-refractivity contribution in [1.29, 1.82) is 0 Å². The van der Waals surface area contributed by atoms with E-state index < -0.39 is 11.7 Å². The summed E-state index contributed by atoms with van der Waals surface area (Å²) in [5, 5.41) is 0. The Morgan fingerprint density at radius 3 is 2.76 bits per heavy atom. The molecule has 0 radical (unpaired) electrons. The Morgan fingerprint density at radius 1 is 1.36 bits per heavy atom. The summed E-state index contributed by atoms with van der Waals surface area (Å²) in [5.74, 6) is 0.443. The first-order valence-electron chi connectivity index (χ1n) is 8.18. The number of benzene rings is 1. The van der Waals surface area contributed by atoms with Crippen molar-refractivity contribution in [3.63, 3.8) is 0 Å². The molecule has 2 aromatic rings. The summed E-state index contributed by atoms with van der Waals surface area (Å²) < 4.78 is 12.2. The van der Waals surface area contributed by atoms with Crippen molar-refractivity contribution >= 4 is 27.7 Å². The van der Waals surface area contributed by atoms with Crippen molar-refractivity contribution in [1.82, 2.24) is 4.98 Å². The molecule has 3 rings (SSSR count). The van der Waals surface area contributed by atoms with Crippen LogP contribution < -0.4 is 9.64 Å². The van der Waals surface area contributed by atoms with E-state index in [9.17, 15) is 4.79 Å². The third-order valence-corrected chi connectivity index (χ3v) is 4.17. The molecule has 0 saturated heterocycles. The van der Waals surface area contributed by atoms with E-state index in [0.717, 1.165) is 10.0 Å². The number of nitrogens with zero attached hydrogens (tertiary/aromatic N) is 2. The van der Waals surface area contributed by atoms with E-state index in [2.05, 4.69) is 20.9 Å². The molecule has 1 amide bonds. The van der Waals surface area contributed by atoms with Gasteiger partial charge in [0.15, 0.2) is 0 Å². The van der Waals surface area contributed by atoms with Gasteiger partial charge in [0, 0.05) is 10.7 Å². The van der Waals surface area contributed by atoms with Crippen LogP contribution in [0.5, 0.6) is 5.88 Å². The smallest absolute Gasteiger partial charge is 0.415 e. The molecule has 0 fully saturated rings. The Bertz CT molecular complexity index is 759. The molecule has 0 aliphatic carbocycles. The number of carbonyl (C=O) groups excluding carboxylic acids is 1. The first-order chi connectivity index (χ1) is 11.8. The number of fused-ring (bicyclic) bond motifs is 1. The lowest BCUT2D eigenvalue weighted by atomic mass is 10.0. The first-order valence-corrected chi connectivity index (χ1v) is 8.97. The second-order valence-corrected chi connectivity index (χ2v) is 7.90. The number of ether oxygens (including phenoxy) is 2. The van der Waals surface area contributed by atoms with Crippen LogP contribution in [-0.4, -0.2) is 29.3 Å². The zero-order chi connectivity index (χ0) is 18.0. The van der Waals surface area contributed by atoms with E-state index in [4.69, 9.17) is 9.47 Å². The third-order valence-electron chi connectivity index (χ3n) is 3.74. The summed E-state index contributed by atoms with van der Waals surface area (Å²) in [4.78, 5) is 18.8. The molecule has 1 aliphatic heterocycles. The van der Waals surface area contributed by atoms with Crippen molar-refractivity contribution in [3.8, 4) is 5.88 Å². The van der Waals surface area contributed by atoms with Crippen LogP contribution in [0.25, 0.3) is 0 Å². The van der Waals surface area contributed by atoms with Gasteiger partial charge in [-0.25, -0.2) is 9.78 Å². The van der Waals surface area contributed by atoms with Gasteiger partial charge in [-0.15, -0.1) is 0 Å². The maximum Gasteiger partial charge on any atom is 0.415 e. The van der Waals surface area contributed by atoms with E-state index >= 15 is 0 Å². The zero-order valence-electron chi connectivity index (χ0n) is 14.5. The molecule has 1 aromatic heterocycles. The summed E-state index contributed by atoms with van der Waals surface area (Å²) >= 11 is 3.42. The van der Waals surface area contributed by atoms with Crippen LogP contribution in [0.2, 0.25) is 0 Å². The molecule has 6 heteroatoms. The minimum Gasteiger partial charge on any atom is -0.474 e. The Kier molecular flexibility index (Phi) is 4.99. The van der Waals surface area contributed by atoms with Crippen LogP contribution in [0.4, 0.5) is 10.5 Å². The van der Waals surface area contributed by atoms with Gasteiger partial charge in [-0.1, -0.05) is 30.3 Å². The highest BCUT2D eigenvalue weighted by atomic mass is 79.9. The molecule has 0 saturated carbocycles. The summed E-state index contributed by atoms with van der Waals surface area (Å²) in [6, 6.07) is 11.7. The Morgan fingerprint density at radius 2 is 2.08 bits per heavy atom. The maximum absolute atomic E-state index is 12.9. The Labute approximate surface area is 156 Å². The van der Waals surface area contributed by atoms with Gasteiger partial charge in [0.2, 0.25) is 5.88 Å². The van der Waals surface area contributed by atoms with Gasteiger partial charge in [0.1, 0.15) is 17.9 Å². The third kappa shape index (κ3) is 4.31. The lowest BCUT2D eigenvalue weighted by Crippen LogP contribution is -2.50. The molecule has 25 heavy (non-hydrogen) atoms. The van der Waals surface area contributed by atoms with E-state index in [0.29, 0.717) is 24.6 Å². The standard InChI is InChI=1S/C19H21BrN2O3/c1-19(2,3)25-18(23)22-15(9-13-7-5-4-6-8-13)12-24-17-16(22)10-14(20)11-21-17/h4-8,10-11,15H,9,12H2,1-3H3/t15-/m0/s1. The monoisotopic (exact) mass is 404 g/mol. The number of rotatable bonds is 2. The Balaban J connectivity index is 1.95. The fourth-order valence-electron chi connectivity index (χ4n) is 2.74. The van der Waals surface area contributed by atoms with Gasteiger partial charge < -0.3 is 9.47 Å². The lowest BCUT2D eigenvalue weighted by Gasteiger charge is -2.37. The number of aromatic nitrogens is 1. The molecule has 0 spiro atoms. The number of anilines is 1. The second-order valence-electron chi connectivity index (χ2n) is 6.98. The van der Waals surface area contributed by atoms with Gasteiger partial charge in [-0.3, -0.25) is 4.90 Å². The predicted molar refractivity (Wildman–Crippen MR) is 100 cm³/mol. The predicted octanol–water partition coefficient (Wildman–Crippen LogP) is 4.59. The molecule has 1 aliphatic rings. The summed E-state index contributed by atoms with van der Waals surface area (Å²) in [7, 11) is 0. The fraction of sp³-hybridized carbons (Fsp3) is 0.368. The number of pyridine rings is 1. The van der Waals surface area contributed by atoms with Crippen LogP contribution in [0.3, 0.4) is 0 Å². The normalized spacial score (nSPS) is 16.8. The molecule has 1 atom stereocenters. The van der Waals surface area contributed by atoms with E-state index in [1.54, 1.807) is 11.1 Å². The van der Waals surface area contributed by atoms with Crippen molar-refractivity contribution < 1.29 is 14.3 Å². The molecule has 2 heterocycles. The quantitative estimate of drug-likeness (QED) is 0.734. The number of halogens is 1. The summed E-state index contributed by atoms with van der Waals surface area (Å²) in [5.41, 5.74) is 1.18. The van der Waals surface area contributed by atoms with E-state index in [1.807, 2.05) is 57.2 Å². The van der Waals surface area contributed by atoms with Crippen molar-refractivity contribution in [2.75, 3.05) is 11.5 Å². The molecular weight excluding hydrogens is 384 g/mol. The molecule has 5 nitrogen and oxygen atoms in total. The molecule has 0 unspecified atom stereocenters. The van der Waals surface area contributed by atoms with Gasteiger partial charge in [-0.05, 0) is 54.8 Å². The zero-order valence-corrected chi connectivity index (χ0v) is 16.1. The van der Waals surface area contributed by atoms with E-state index in [1.165, 1.54) is 0 Å². The maximum atomic E-state index is 12.9. The number of hydrogen-bond donors (Lipinski definition) is 0. The van der Waals surface area contributed by atoms with Gasteiger partial charge in [0.25, 0.3) is 0 Å².